The van der Waals surface area contributed by atoms with Crippen LogP contribution in [-0.4, -0.2) is 23.1 Å². The third-order valence-corrected chi connectivity index (χ3v) is 1.89. The van der Waals surface area contributed by atoms with Crippen LogP contribution in [0.15, 0.2) is 30.3 Å². The summed E-state index contributed by atoms with van der Waals surface area (Å²) < 4.78 is 0. The van der Waals surface area contributed by atoms with Crippen molar-refractivity contribution in [3.05, 3.63) is 35.9 Å². The summed E-state index contributed by atoms with van der Waals surface area (Å²) in [7, 11) is 0. The average molecular weight is 208 g/mol. The molecular formula is C10H12N2O3. The van der Waals surface area contributed by atoms with Gasteiger partial charge in [0.1, 0.15) is 6.04 Å². The molecule has 15 heavy (non-hydrogen) atoms. The minimum atomic E-state index is -0.775. The summed E-state index contributed by atoms with van der Waals surface area (Å²) in [6.07, 6.45) is 0. The molecule has 1 unspecified atom stereocenters. The minimum absolute atomic E-state index is 0.355. The molecule has 0 aliphatic carbocycles. The number of hydroxylamine groups is 1. The number of carbonyl (C=O) groups excluding carboxylic acids is 2. The quantitative estimate of drug-likeness (QED) is 0.494. The van der Waals surface area contributed by atoms with Gasteiger partial charge >= 0.3 is 0 Å². The van der Waals surface area contributed by atoms with Gasteiger partial charge in [0.2, 0.25) is 0 Å². The van der Waals surface area contributed by atoms with Crippen LogP contribution in [0.2, 0.25) is 0 Å². The molecule has 5 heteroatoms. The molecule has 0 radical (unpaired) electrons. The van der Waals surface area contributed by atoms with Gasteiger partial charge in [-0.2, -0.15) is 0 Å². The van der Waals surface area contributed by atoms with E-state index in [1.165, 1.54) is 12.4 Å². The molecular weight excluding hydrogens is 196 g/mol. The molecule has 1 rings (SSSR count). The second-order valence-corrected chi connectivity index (χ2v) is 3.04. The number of rotatable bonds is 3. The summed E-state index contributed by atoms with van der Waals surface area (Å²) in [5.41, 5.74) is 1.94. The topological polar surface area (TPSA) is 78.4 Å². The van der Waals surface area contributed by atoms with Crippen LogP contribution < -0.4 is 10.8 Å². The van der Waals surface area contributed by atoms with Gasteiger partial charge < -0.3 is 5.32 Å². The van der Waals surface area contributed by atoms with E-state index in [4.69, 9.17) is 5.21 Å². The molecule has 0 saturated heterocycles. The maximum absolute atomic E-state index is 11.5. The average Bonchev–Trinajstić information content (AvgIpc) is 2.29. The summed E-state index contributed by atoms with van der Waals surface area (Å²) in [5, 5.41) is 10.8. The summed E-state index contributed by atoms with van der Waals surface area (Å²) in [6.45, 7) is 1.48. The van der Waals surface area contributed by atoms with Crippen LogP contribution in [0.5, 0.6) is 0 Å². The lowest BCUT2D eigenvalue weighted by atomic mass is 10.2. The monoisotopic (exact) mass is 208 g/mol. The summed E-state index contributed by atoms with van der Waals surface area (Å²) in [5.74, 6) is -1.01. The van der Waals surface area contributed by atoms with Gasteiger partial charge in [-0.15, -0.1) is 0 Å². The molecule has 0 heterocycles. The van der Waals surface area contributed by atoms with Gasteiger partial charge in [0.25, 0.3) is 11.8 Å². The maximum Gasteiger partial charge on any atom is 0.265 e. The SMILES string of the molecule is CC(NC(=O)c1ccccc1)C(=O)NO. The highest BCUT2D eigenvalue weighted by Crippen LogP contribution is 1.98. The molecule has 5 nitrogen and oxygen atoms in total. The highest BCUT2D eigenvalue weighted by atomic mass is 16.5. The Morgan fingerprint density at radius 3 is 2.40 bits per heavy atom. The number of benzene rings is 1. The number of hydrogen-bond donors (Lipinski definition) is 3. The molecule has 1 aromatic carbocycles. The fraction of sp³-hybridized carbons (Fsp3) is 0.200. The van der Waals surface area contributed by atoms with Gasteiger partial charge in [0, 0.05) is 5.56 Å². The molecule has 0 aliphatic heterocycles. The third-order valence-electron chi connectivity index (χ3n) is 1.89. The second kappa shape index (κ2) is 5.11. The maximum atomic E-state index is 11.5. The number of nitrogens with one attached hydrogen (secondary N) is 2. The summed E-state index contributed by atoms with van der Waals surface area (Å²) in [6, 6.07) is 7.75. The van der Waals surface area contributed by atoms with Crippen LogP contribution in [0, 0.1) is 0 Å². The highest BCUT2D eigenvalue weighted by Gasteiger charge is 2.15. The molecule has 1 aromatic rings. The van der Waals surface area contributed by atoms with Crippen molar-refractivity contribution in [1.29, 1.82) is 0 Å². The molecule has 0 aliphatic rings. The predicted molar refractivity (Wildman–Crippen MR) is 53.3 cm³/mol. The van der Waals surface area contributed by atoms with E-state index in [1.807, 2.05) is 0 Å². The zero-order chi connectivity index (χ0) is 11.3. The van der Waals surface area contributed by atoms with Gasteiger partial charge in [-0.3, -0.25) is 14.8 Å². The Morgan fingerprint density at radius 1 is 1.27 bits per heavy atom. The molecule has 0 fully saturated rings. The Hall–Kier alpha value is -1.88. The van der Waals surface area contributed by atoms with Gasteiger partial charge in [0.05, 0.1) is 0 Å². The van der Waals surface area contributed by atoms with Crippen molar-refractivity contribution in [2.45, 2.75) is 13.0 Å². The molecule has 0 aromatic heterocycles. The van der Waals surface area contributed by atoms with Crippen molar-refractivity contribution in [2.75, 3.05) is 0 Å². The molecule has 3 N–H and O–H groups in total. The number of amides is 2. The summed E-state index contributed by atoms with van der Waals surface area (Å²) in [4.78, 5) is 22.4. The Kier molecular flexibility index (Phi) is 3.82. The van der Waals surface area contributed by atoms with E-state index in [0.29, 0.717) is 5.56 Å². The Morgan fingerprint density at radius 2 is 1.87 bits per heavy atom. The smallest absolute Gasteiger partial charge is 0.265 e. The lowest BCUT2D eigenvalue weighted by Gasteiger charge is -2.11. The zero-order valence-corrected chi connectivity index (χ0v) is 8.23. The predicted octanol–water partition coefficient (Wildman–Crippen LogP) is 0.310. The standard InChI is InChI=1S/C10H12N2O3/c1-7(9(13)12-15)11-10(14)8-5-3-2-4-6-8/h2-7,15H,1H3,(H,11,14)(H,12,13). The van der Waals surface area contributed by atoms with Gasteiger partial charge in [0.15, 0.2) is 0 Å². The Bertz CT molecular complexity index is 351. The van der Waals surface area contributed by atoms with Crippen LogP contribution in [0.25, 0.3) is 0 Å². The lowest BCUT2D eigenvalue weighted by Crippen LogP contribution is -2.43. The zero-order valence-electron chi connectivity index (χ0n) is 8.23. The van der Waals surface area contributed by atoms with Crippen molar-refractivity contribution in [2.24, 2.45) is 0 Å². The van der Waals surface area contributed by atoms with Gasteiger partial charge in [-0.25, -0.2) is 5.48 Å². The first kappa shape index (κ1) is 11.2. The Labute approximate surface area is 87.1 Å². The third kappa shape index (κ3) is 3.07. The van der Waals surface area contributed by atoms with Crippen molar-refractivity contribution in [1.82, 2.24) is 10.8 Å². The largest absolute Gasteiger partial charge is 0.340 e. The van der Waals surface area contributed by atoms with Crippen LogP contribution in [0.1, 0.15) is 17.3 Å². The van der Waals surface area contributed by atoms with Gasteiger partial charge in [-0.05, 0) is 19.1 Å². The van der Waals surface area contributed by atoms with Gasteiger partial charge in [-0.1, -0.05) is 18.2 Å². The Balaban J connectivity index is 2.61. The van der Waals surface area contributed by atoms with Crippen LogP contribution >= 0.6 is 0 Å². The van der Waals surface area contributed by atoms with Crippen LogP contribution in [-0.2, 0) is 4.79 Å². The van der Waals surface area contributed by atoms with E-state index < -0.39 is 11.9 Å². The van der Waals surface area contributed by atoms with Crippen molar-refractivity contribution >= 4 is 11.8 Å². The molecule has 0 spiro atoms. The summed E-state index contributed by atoms with van der Waals surface area (Å²) >= 11 is 0. The van der Waals surface area contributed by atoms with E-state index in [1.54, 1.807) is 30.3 Å². The van der Waals surface area contributed by atoms with E-state index in [-0.39, 0.29) is 5.91 Å². The van der Waals surface area contributed by atoms with Crippen molar-refractivity contribution < 1.29 is 14.8 Å². The molecule has 0 saturated carbocycles. The minimum Gasteiger partial charge on any atom is -0.340 e. The normalized spacial score (nSPS) is 11.6. The van der Waals surface area contributed by atoms with E-state index in [2.05, 4.69) is 5.32 Å². The first-order valence-electron chi connectivity index (χ1n) is 4.45. The molecule has 0 bridgehead atoms. The first-order valence-corrected chi connectivity index (χ1v) is 4.45. The lowest BCUT2D eigenvalue weighted by molar-refractivity contribution is -0.130. The first-order chi connectivity index (χ1) is 7.15. The number of carbonyl (C=O) groups is 2. The highest BCUT2D eigenvalue weighted by molar-refractivity contribution is 5.97. The van der Waals surface area contributed by atoms with Crippen molar-refractivity contribution in [3.8, 4) is 0 Å². The fourth-order valence-electron chi connectivity index (χ4n) is 1.03. The second-order valence-electron chi connectivity index (χ2n) is 3.04. The van der Waals surface area contributed by atoms with Crippen LogP contribution in [0.3, 0.4) is 0 Å². The van der Waals surface area contributed by atoms with E-state index in [0.717, 1.165) is 0 Å². The van der Waals surface area contributed by atoms with Crippen LogP contribution in [0.4, 0.5) is 0 Å². The van der Waals surface area contributed by atoms with E-state index >= 15 is 0 Å². The number of hydrogen-bond acceptors (Lipinski definition) is 3. The van der Waals surface area contributed by atoms with Crippen molar-refractivity contribution in [3.63, 3.8) is 0 Å². The molecule has 2 amide bonds. The van der Waals surface area contributed by atoms with E-state index in [9.17, 15) is 9.59 Å². The molecule has 1 atom stereocenters. The fourth-order valence-corrected chi connectivity index (χ4v) is 1.03. The molecule has 80 valence electrons.